The highest BCUT2D eigenvalue weighted by Gasteiger charge is 2.46. The van der Waals surface area contributed by atoms with Gasteiger partial charge in [0.25, 0.3) is 17.4 Å². The van der Waals surface area contributed by atoms with Crippen LogP contribution in [0, 0.1) is 0 Å². The van der Waals surface area contributed by atoms with Gasteiger partial charge in [0.15, 0.2) is 17.3 Å². The number of aromatic amines is 1. The number of benzene rings is 4. The number of anilines is 1. The Morgan fingerprint density at radius 3 is 2.13 bits per heavy atom. The molecule has 9 nitrogen and oxygen atoms in total. The van der Waals surface area contributed by atoms with Crippen molar-refractivity contribution in [2.45, 2.75) is 12.3 Å². The van der Waals surface area contributed by atoms with Crippen LogP contribution >= 0.6 is 0 Å². The van der Waals surface area contributed by atoms with Gasteiger partial charge in [0, 0.05) is 11.1 Å². The number of H-pyrrole nitrogens is 1. The number of hydrogen-bond donors (Lipinski definition) is 1. The molecule has 9 heteroatoms. The summed E-state index contributed by atoms with van der Waals surface area (Å²) in [7, 11) is 0. The number of amides is 2. The Morgan fingerprint density at radius 1 is 0.756 bits per heavy atom. The molecule has 1 aliphatic heterocycles. The van der Waals surface area contributed by atoms with Gasteiger partial charge in [-0.3, -0.25) is 24.0 Å². The molecule has 0 fully saturated rings. The number of carbonyl (C=O) groups excluding carboxylic acids is 4. The Bertz CT molecular complexity index is 2230. The van der Waals surface area contributed by atoms with Gasteiger partial charge in [0.2, 0.25) is 0 Å². The van der Waals surface area contributed by atoms with Crippen LogP contribution in [0.25, 0.3) is 16.5 Å². The van der Waals surface area contributed by atoms with Gasteiger partial charge >= 0.3 is 0 Å². The Balaban J connectivity index is 1.18. The lowest BCUT2D eigenvalue weighted by Gasteiger charge is -2.19. The third-order valence-corrected chi connectivity index (χ3v) is 8.26. The van der Waals surface area contributed by atoms with Crippen molar-refractivity contribution in [3.63, 3.8) is 0 Å². The molecule has 0 saturated heterocycles. The average Bonchev–Trinajstić information content (AvgIpc) is 3.74. The molecular weight excluding hydrogens is 570 g/mol. The molecule has 1 N–H and O–H groups in total. The number of nitrogens with zero attached hydrogens (tertiary/aromatic N) is 2. The highest BCUT2D eigenvalue weighted by molar-refractivity contribution is 6.37. The zero-order valence-electron chi connectivity index (χ0n) is 23.4. The number of carbonyl (C=O) groups is 4. The fourth-order valence-electron chi connectivity index (χ4n) is 6.08. The van der Waals surface area contributed by atoms with E-state index in [1.54, 1.807) is 48.5 Å². The van der Waals surface area contributed by atoms with Crippen LogP contribution in [0.2, 0.25) is 0 Å². The number of fused-ring (bicyclic) bond motifs is 3. The summed E-state index contributed by atoms with van der Waals surface area (Å²) in [5.41, 5.74) is 1.94. The Labute approximate surface area is 255 Å². The van der Waals surface area contributed by atoms with E-state index in [0.717, 1.165) is 22.5 Å². The predicted octanol–water partition coefficient (Wildman–Crippen LogP) is 6.02. The summed E-state index contributed by atoms with van der Waals surface area (Å²) >= 11 is 0. The van der Waals surface area contributed by atoms with Gasteiger partial charge in [0.05, 0.1) is 27.7 Å². The molecule has 1 aromatic heterocycles. The van der Waals surface area contributed by atoms with Crippen molar-refractivity contribution in [1.82, 2.24) is 9.97 Å². The molecule has 0 bridgehead atoms. The number of aromatic nitrogens is 2. The zero-order chi connectivity index (χ0) is 30.8. The van der Waals surface area contributed by atoms with Crippen LogP contribution in [0.5, 0.6) is 11.5 Å². The van der Waals surface area contributed by atoms with Crippen LogP contribution in [0.1, 0.15) is 65.2 Å². The first-order valence-corrected chi connectivity index (χ1v) is 14.3. The normalized spacial score (nSPS) is 15.6. The predicted molar refractivity (Wildman–Crippen MR) is 166 cm³/mol. The van der Waals surface area contributed by atoms with Crippen molar-refractivity contribution in [2.24, 2.45) is 0 Å². The van der Waals surface area contributed by atoms with Gasteiger partial charge in [-0.2, -0.15) is 0 Å². The quantitative estimate of drug-likeness (QED) is 0.196. The molecule has 0 unspecified atom stereocenters. The molecule has 3 aliphatic rings. The summed E-state index contributed by atoms with van der Waals surface area (Å²) in [5, 5.41) is 0.326. The molecule has 4 aromatic carbocycles. The SMILES string of the molecule is O=C1c2cc3c(cc2C(=O)C1c1nc2ccccc2c(=O)[nH]1)C(=O)N(c1ccc(C2=CCC=C2)cc1Oc1ccccc1)C3=O. The second kappa shape index (κ2) is 9.92. The van der Waals surface area contributed by atoms with Gasteiger partial charge in [-0.15, -0.1) is 0 Å². The van der Waals surface area contributed by atoms with Crippen LogP contribution in [-0.2, 0) is 0 Å². The van der Waals surface area contributed by atoms with Crippen molar-refractivity contribution in [3.05, 3.63) is 147 Å². The minimum atomic E-state index is -1.39. The minimum Gasteiger partial charge on any atom is -0.455 e. The molecule has 2 aliphatic carbocycles. The fraction of sp³-hybridized carbons (Fsp3) is 0.0556. The highest BCUT2D eigenvalue weighted by Crippen LogP contribution is 2.42. The number of imide groups is 1. The molecule has 0 spiro atoms. The van der Waals surface area contributed by atoms with Gasteiger partial charge in [-0.1, -0.05) is 54.6 Å². The largest absolute Gasteiger partial charge is 0.455 e. The lowest BCUT2D eigenvalue weighted by atomic mass is 10.0. The Kier molecular flexibility index (Phi) is 5.82. The topological polar surface area (TPSA) is 126 Å². The number of ketones is 2. The third-order valence-electron chi connectivity index (χ3n) is 8.26. The molecule has 216 valence electrons. The van der Waals surface area contributed by atoms with E-state index in [0.29, 0.717) is 22.4 Å². The first kappa shape index (κ1) is 26.4. The van der Waals surface area contributed by atoms with Gasteiger partial charge in [-0.05, 0) is 66.1 Å². The highest BCUT2D eigenvalue weighted by atomic mass is 16.5. The number of rotatable bonds is 5. The summed E-state index contributed by atoms with van der Waals surface area (Å²) in [4.78, 5) is 75.5. The third kappa shape index (κ3) is 4.09. The second-order valence-corrected chi connectivity index (χ2v) is 10.9. The molecule has 5 aromatic rings. The molecule has 2 amide bonds. The number of allylic oxidation sites excluding steroid dienone is 4. The summed E-state index contributed by atoms with van der Waals surface area (Å²) in [6.45, 7) is 0. The van der Waals surface area contributed by atoms with Crippen LogP contribution in [0.4, 0.5) is 5.69 Å². The first-order chi connectivity index (χ1) is 21.9. The maximum absolute atomic E-state index is 13.9. The molecule has 0 radical (unpaired) electrons. The smallest absolute Gasteiger partial charge is 0.266 e. The van der Waals surface area contributed by atoms with Crippen LogP contribution in [0.3, 0.4) is 0 Å². The van der Waals surface area contributed by atoms with Crippen LogP contribution in [-0.4, -0.2) is 33.3 Å². The van der Waals surface area contributed by atoms with Crippen molar-refractivity contribution in [1.29, 1.82) is 0 Å². The lowest BCUT2D eigenvalue weighted by molar-refractivity contribution is 0.0882. The van der Waals surface area contributed by atoms with E-state index in [4.69, 9.17) is 4.74 Å². The van der Waals surface area contributed by atoms with Gasteiger partial charge in [0.1, 0.15) is 17.5 Å². The number of nitrogens with one attached hydrogen (secondary N) is 1. The minimum absolute atomic E-state index is 0.00128. The summed E-state index contributed by atoms with van der Waals surface area (Å²) in [6.07, 6.45) is 6.90. The van der Waals surface area contributed by atoms with Crippen LogP contribution < -0.4 is 15.2 Å². The number of Topliss-reactive ketones (excluding diaryl/α,β-unsaturated/α-hetero) is 2. The summed E-state index contributed by atoms with van der Waals surface area (Å²) in [6, 6.07) is 23.5. The molecule has 8 rings (SSSR count). The standard InChI is InChI=1S/C36H21N3O6/c40-31-23-17-25-26(18-24(23)32(41)30(31)33-37-27-13-7-6-12-22(27)34(42)38-33)36(44)39(35(25)43)28-15-14-20(19-8-4-5-9-19)16-29(28)45-21-10-2-1-3-11-21/h1-4,6-18,30H,5H2,(H,37,38,42). The van der Waals surface area contributed by atoms with Crippen molar-refractivity contribution in [3.8, 4) is 11.5 Å². The monoisotopic (exact) mass is 591 g/mol. The van der Waals surface area contributed by atoms with E-state index < -0.39 is 34.9 Å². The fourth-order valence-corrected chi connectivity index (χ4v) is 6.08. The van der Waals surface area contributed by atoms with Crippen molar-refractivity contribution >= 4 is 45.5 Å². The van der Waals surface area contributed by atoms with Crippen molar-refractivity contribution in [2.75, 3.05) is 4.90 Å². The molecular formula is C36H21N3O6. The lowest BCUT2D eigenvalue weighted by Crippen LogP contribution is -2.29. The number of hydrogen-bond acceptors (Lipinski definition) is 7. The van der Waals surface area contributed by atoms with E-state index in [2.05, 4.69) is 16.0 Å². The van der Waals surface area contributed by atoms with Gasteiger partial charge in [-0.25, -0.2) is 9.88 Å². The Morgan fingerprint density at radius 2 is 1.44 bits per heavy atom. The van der Waals surface area contributed by atoms with E-state index in [1.165, 1.54) is 12.1 Å². The van der Waals surface area contributed by atoms with Crippen molar-refractivity contribution < 1.29 is 23.9 Å². The van der Waals surface area contributed by atoms with E-state index in [-0.39, 0.29) is 33.8 Å². The molecule has 0 atom stereocenters. The number of ether oxygens (including phenoxy) is 1. The summed E-state index contributed by atoms with van der Waals surface area (Å²) in [5.74, 6) is -3.17. The second-order valence-electron chi connectivity index (χ2n) is 10.9. The van der Waals surface area contributed by atoms with Crippen LogP contribution in [0.15, 0.2) is 108 Å². The average molecular weight is 592 g/mol. The first-order valence-electron chi connectivity index (χ1n) is 14.3. The molecule has 2 heterocycles. The van der Waals surface area contributed by atoms with Gasteiger partial charge < -0.3 is 9.72 Å². The molecule has 45 heavy (non-hydrogen) atoms. The molecule has 0 saturated carbocycles. The Hall–Kier alpha value is -6.22. The van der Waals surface area contributed by atoms with E-state index in [1.807, 2.05) is 36.4 Å². The summed E-state index contributed by atoms with van der Waals surface area (Å²) < 4.78 is 6.19. The maximum atomic E-state index is 13.9. The maximum Gasteiger partial charge on any atom is 0.266 e. The zero-order valence-corrected chi connectivity index (χ0v) is 23.4. The van der Waals surface area contributed by atoms with E-state index >= 15 is 0 Å². The number of para-hydroxylation sites is 2. The van der Waals surface area contributed by atoms with E-state index in [9.17, 15) is 24.0 Å².